The zero-order valence-electron chi connectivity index (χ0n) is 29.0. The number of piperazine rings is 1. The molecule has 0 bridgehead atoms. The molecule has 3 heterocycles. The molecule has 1 aromatic carbocycles. The summed E-state index contributed by atoms with van der Waals surface area (Å²) in [4.78, 5) is 57.9. The highest BCUT2D eigenvalue weighted by Crippen LogP contribution is 2.39. The number of benzene rings is 1. The second kappa shape index (κ2) is 14.0. The molecule has 0 spiro atoms. The molecule has 1 saturated carbocycles. The van der Waals surface area contributed by atoms with E-state index in [2.05, 4.69) is 16.0 Å². The van der Waals surface area contributed by atoms with Crippen LogP contribution in [0.2, 0.25) is 0 Å². The first kappa shape index (κ1) is 36.8. The highest BCUT2D eigenvalue weighted by Gasteiger charge is 2.51. The summed E-state index contributed by atoms with van der Waals surface area (Å²) in [5, 5.41) is 28.8. The lowest BCUT2D eigenvalue weighted by molar-refractivity contribution is -0.151. The van der Waals surface area contributed by atoms with Gasteiger partial charge in [-0.2, -0.15) is 0 Å². The highest BCUT2D eigenvalue weighted by atomic mass is 19.3. The van der Waals surface area contributed by atoms with Gasteiger partial charge in [0.25, 0.3) is 0 Å². The largest absolute Gasteiger partial charge is 0.493 e. The zero-order valence-corrected chi connectivity index (χ0v) is 29.0. The Morgan fingerprint density at radius 1 is 1.04 bits per heavy atom. The topological polar surface area (TPSA) is 161 Å². The SMILES string of the molecule is C[C@H](C(=O)N[C@H](C(=O)N1C[C@H]2C[C@@](C)(O)CN2C[C@H]1C(=O)N[C@@H]1CCOc2ccccc21)C1CCC(F)(F)CC1)C(NC(=O)O)C(C)(C)C. The standard InChI is InChI=1S/C35H51F2N5O7/c1-20(28(33(2,3)4)40-32(46)47)29(43)39-27(21-10-13-35(36,37)14-11-21)31(45)42-17-22-16-34(5,48)19-41(22)18-25(42)30(44)38-24-12-15-49-26-9-7-6-8-23(24)26/h6-9,20-22,24-25,27-28,40,48H,10-19H2,1-5H3,(H,38,44)(H,39,43)(H,46,47)/t20-,22+,24+,25-,27-,28?,34+/m0/s1. The van der Waals surface area contributed by atoms with Crippen LogP contribution >= 0.6 is 0 Å². The van der Waals surface area contributed by atoms with Gasteiger partial charge in [0.15, 0.2) is 0 Å². The van der Waals surface area contributed by atoms with Crippen molar-refractivity contribution in [3.8, 4) is 5.75 Å². The first-order valence-corrected chi connectivity index (χ1v) is 17.3. The summed E-state index contributed by atoms with van der Waals surface area (Å²) in [5.41, 5.74) is -0.867. The summed E-state index contributed by atoms with van der Waals surface area (Å²) in [5.74, 6) is -5.28. The number of carbonyl (C=O) groups is 4. The van der Waals surface area contributed by atoms with E-state index in [1.807, 2.05) is 29.2 Å². The predicted molar refractivity (Wildman–Crippen MR) is 176 cm³/mol. The Morgan fingerprint density at radius 2 is 1.71 bits per heavy atom. The van der Waals surface area contributed by atoms with Gasteiger partial charge in [-0.25, -0.2) is 13.6 Å². The average molecular weight is 692 g/mol. The Balaban J connectivity index is 1.44. The van der Waals surface area contributed by atoms with Gasteiger partial charge in [-0.3, -0.25) is 19.3 Å². The third kappa shape index (κ3) is 8.45. The molecule has 49 heavy (non-hydrogen) atoms. The molecule has 3 fully saturated rings. The van der Waals surface area contributed by atoms with E-state index in [4.69, 9.17) is 4.74 Å². The fraction of sp³-hybridized carbons (Fsp3) is 0.714. The summed E-state index contributed by atoms with van der Waals surface area (Å²) in [6, 6.07) is 3.80. The van der Waals surface area contributed by atoms with Crippen LogP contribution in [0.5, 0.6) is 5.75 Å². The normalized spacial score (nSPS) is 29.0. The second-order valence-corrected chi connectivity index (χ2v) is 15.8. The van der Waals surface area contributed by atoms with Crippen molar-refractivity contribution in [2.75, 3.05) is 26.2 Å². The van der Waals surface area contributed by atoms with Crippen LogP contribution in [0.3, 0.4) is 0 Å². The fourth-order valence-electron chi connectivity index (χ4n) is 8.18. The van der Waals surface area contributed by atoms with Gasteiger partial charge >= 0.3 is 6.09 Å². The maximum Gasteiger partial charge on any atom is 0.404 e. The van der Waals surface area contributed by atoms with Crippen LogP contribution in [0.15, 0.2) is 24.3 Å². The monoisotopic (exact) mass is 691 g/mol. The van der Waals surface area contributed by atoms with Crippen LogP contribution in [-0.2, 0) is 14.4 Å². The lowest BCUT2D eigenvalue weighted by atomic mass is 9.78. The van der Waals surface area contributed by atoms with E-state index in [0.717, 1.165) is 5.56 Å². The van der Waals surface area contributed by atoms with E-state index in [9.17, 15) is 38.2 Å². The number of hydrogen-bond donors (Lipinski definition) is 5. The number of amides is 4. The van der Waals surface area contributed by atoms with Crippen LogP contribution in [0.4, 0.5) is 13.6 Å². The van der Waals surface area contributed by atoms with E-state index >= 15 is 0 Å². The Kier molecular flexibility index (Phi) is 10.5. The Hall–Kier alpha value is -3.52. The van der Waals surface area contributed by atoms with Crippen LogP contribution in [0.25, 0.3) is 0 Å². The number of ether oxygens (including phenoxy) is 1. The first-order valence-electron chi connectivity index (χ1n) is 17.3. The molecule has 0 aromatic heterocycles. The molecule has 7 atom stereocenters. The molecule has 1 unspecified atom stereocenters. The van der Waals surface area contributed by atoms with Crippen LogP contribution in [0, 0.1) is 17.3 Å². The summed E-state index contributed by atoms with van der Waals surface area (Å²) >= 11 is 0. The second-order valence-electron chi connectivity index (χ2n) is 15.8. The van der Waals surface area contributed by atoms with Crippen molar-refractivity contribution in [3.05, 3.63) is 29.8 Å². The van der Waals surface area contributed by atoms with E-state index in [1.54, 1.807) is 34.6 Å². The van der Waals surface area contributed by atoms with Crippen molar-refractivity contribution in [1.29, 1.82) is 0 Å². The Morgan fingerprint density at radius 3 is 2.37 bits per heavy atom. The number of rotatable bonds is 8. The molecule has 4 amide bonds. The molecular weight excluding hydrogens is 640 g/mol. The van der Waals surface area contributed by atoms with E-state index < -0.39 is 83.6 Å². The van der Waals surface area contributed by atoms with Gasteiger partial charge in [0.05, 0.1) is 24.2 Å². The van der Waals surface area contributed by atoms with Gasteiger partial charge in [0.1, 0.15) is 17.8 Å². The zero-order chi connectivity index (χ0) is 35.9. The van der Waals surface area contributed by atoms with Crippen molar-refractivity contribution in [2.45, 2.75) is 115 Å². The van der Waals surface area contributed by atoms with Crippen LogP contribution in [-0.4, -0.2) is 106 Å². The van der Waals surface area contributed by atoms with Crippen molar-refractivity contribution in [3.63, 3.8) is 0 Å². The molecule has 4 aliphatic rings. The molecule has 2 saturated heterocycles. The van der Waals surface area contributed by atoms with Gasteiger partial charge in [-0.1, -0.05) is 45.9 Å². The molecule has 14 heteroatoms. The third-order valence-electron chi connectivity index (χ3n) is 10.7. The molecular formula is C35H51F2N5O7. The number of carboxylic acid groups (broad SMARTS) is 1. The van der Waals surface area contributed by atoms with Crippen LogP contribution < -0.4 is 20.7 Å². The minimum absolute atomic E-state index is 0.0119. The van der Waals surface area contributed by atoms with Crippen molar-refractivity contribution in [2.24, 2.45) is 17.3 Å². The van der Waals surface area contributed by atoms with Gasteiger partial charge in [0.2, 0.25) is 23.6 Å². The lowest BCUT2D eigenvalue weighted by Crippen LogP contribution is -2.66. The molecule has 5 rings (SSSR count). The smallest absolute Gasteiger partial charge is 0.404 e. The number of aliphatic hydroxyl groups is 1. The highest BCUT2D eigenvalue weighted by molar-refractivity contribution is 5.93. The maximum absolute atomic E-state index is 14.7. The minimum Gasteiger partial charge on any atom is -0.493 e. The number of fused-ring (bicyclic) bond motifs is 2. The molecule has 5 N–H and O–H groups in total. The molecule has 1 aliphatic carbocycles. The van der Waals surface area contributed by atoms with Gasteiger partial charge in [-0.05, 0) is 43.6 Å². The Bertz CT molecular complexity index is 1410. The van der Waals surface area contributed by atoms with E-state index in [-0.39, 0.29) is 38.0 Å². The molecule has 12 nitrogen and oxygen atoms in total. The van der Waals surface area contributed by atoms with E-state index in [1.165, 1.54) is 4.90 Å². The number of hydrogen-bond acceptors (Lipinski definition) is 7. The third-order valence-corrected chi connectivity index (χ3v) is 10.7. The van der Waals surface area contributed by atoms with Crippen LogP contribution in [0.1, 0.15) is 84.7 Å². The maximum atomic E-state index is 14.7. The summed E-state index contributed by atoms with van der Waals surface area (Å²) in [6.45, 7) is 9.64. The van der Waals surface area contributed by atoms with Gasteiger partial charge in [-0.15, -0.1) is 0 Å². The molecule has 1 aromatic rings. The number of nitrogens with one attached hydrogen (secondary N) is 3. The Labute approximate surface area is 286 Å². The predicted octanol–water partition coefficient (Wildman–Crippen LogP) is 3.29. The lowest BCUT2D eigenvalue weighted by Gasteiger charge is -2.45. The summed E-state index contributed by atoms with van der Waals surface area (Å²) in [7, 11) is 0. The van der Waals surface area contributed by atoms with Crippen molar-refractivity contribution in [1.82, 2.24) is 25.8 Å². The van der Waals surface area contributed by atoms with Crippen molar-refractivity contribution < 1.29 is 42.9 Å². The van der Waals surface area contributed by atoms with Gasteiger partial charge < -0.3 is 35.8 Å². The molecule has 272 valence electrons. The number of halogens is 2. The molecule has 3 aliphatic heterocycles. The number of alkyl halides is 2. The summed E-state index contributed by atoms with van der Waals surface area (Å²) in [6.07, 6.45) is -1.31. The fourth-order valence-corrected chi connectivity index (χ4v) is 8.18. The molecule has 0 radical (unpaired) electrons. The first-order chi connectivity index (χ1) is 22.8. The number of nitrogens with zero attached hydrogens (tertiary/aromatic N) is 2. The van der Waals surface area contributed by atoms with Gasteiger partial charge in [0, 0.05) is 56.5 Å². The minimum atomic E-state index is -2.88. The van der Waals surface area contributed by atoms with E-state index in [0.29, 0.717) is 31.7 Å². The quantitative estimate of drug-likeness (QED) is 0.278. The average Bonchev–Trinajstić information content (AvgIpc) is 3.33. The summed E-state index contributed by atoms with van der Waals surface area (Å²) < 4.78 is 34.4. The number of carbonyl (C=O) groups excluding carboxylic acids is 3. The van der Waals surface area contributed by atoms with Crippen molar-refractivity contribution >= 4 is 23.8 Å². The number of para-hydroxylation sites is 1.